The zero-order valence-corrected chi connectivity index (χ0v) is 10.2. The number of rotatable bonds is 4. The second kappa shape index (κ2) is 5.83. The molecule has 0 bridgehead atoms. The van der Waals surface area contributed by atoms with Gasteiger partial charge in [-0.2, -0.15) is 0 Å². The Kier molecular flexibility index (Phi) is 4.16. The maximum atomic E-state index is 13.7. The van der Waals surface area contributed by atoms with Gasteiger partial charge in [-0.05, 0) is 23.6 Å². The van der Waals surface area contributed by atoms with Crippen LogP contribution in [0.15, 0.2) is 54.6 Å². The molecular weight excluding hydrogens is 235 g/mol. The van der Waals surface area contributed by atoms with Gasteiger partial charge in [-0.15, -0.1) is 11.6 Å². The molecule has 2 aromatic carbocycles. The van der Waals surface area contributed by atoms with E-state index in [-0.39, 0.29) is 11.7 Å². The number of hydrogen-bond acceptors (Lipinski definition) is 0. The Hall–Kier alpha value is -1.34. The highest BCUT2D eigenvalue weighted by Crippen LogP contribution is 2.24. The predicted octanol–water partition coefficient (Wildman–Crippen LogP) is 4.39. The van der Waals surface area contributed by atoms with Gasteiger partial charge in [0, 0.05) is 11.8 Å². The molecule has 1 atom stereocenters. The van der Waals surface area contributed by atoms with Gasteiger partial charge in [-0.1, -0.05) is 48.5 Å². The van der Waals surface area contributed by atoms with E-state index in [1.165, 1.54) is 11.6 Å². The van der Waals surface area contributed by atoms with E-state index in [4.69, 9.17) is 11.6 Å². The van der Waals surface area contributed by atoms with E-state index in [1.807, 2.05) is 42.5 Å². The summed E-state index contributed by atoms with van der Waals surface area (Å²) in [5.74, 6) is 0.282. The zero-order chi connectivity index (χ0) is 12.1. The fourth-order valence-corrected chi connectivity index (χ4v) is 2.23. The Morgan fingerprint density at radius 1 is 0.941 bits per heavy atom. The fourth-order valence-electron chi connectivity index (χ4n) is 1.95. The van der Waals surface area contributed by atoms with Gasteiger partial charge in [0.2, 0.25) is 0 Å². The molecule has 0 fully saturated rings. The summed E-state index contributed by atoms with van der Waals surface area (Å²) in [4.78, 5) is 0. The van der Waals surface area contributed by atoms with Crippen LogP contribution in [0, 0.1) is 5.82 Å². The zero-order valence-electron chi connectivity index (χ0n) is 9.44. The number of alkyl halides is 1. The molecule has 0 spiro atoms. The lowest BCUT2D eigenvalue weighted by Crippen LogP contribution is -2.06. The van der Waals surface area contributed by atoms with Gasteiger partial charge in [0.1, 0.15) is 5.82 Å². The summed E-state index contributed by atoms with van der Waals surface area (Å²) in [6.45, 7) is 0. The molecule has 2 aromatic rings. The Morgan fingerprint density at radius 3 is 2.24 bits per heavy atom. The number of hydrogen-bond donors (Lipinski definition) is 0. The van der Waals surface area contributed by atoms with Crippen molar-refractivity contribution in [1.29, 1.82) is 0 Å². The quantitative estimate of drug-likeness (QED) is 0.704. The maximum Gasteiger partial charge on any atom is 0.126 e. The highest BCUT2D eigenvalue weighted by Gasteiger charge is 2.14. The van der Waals surface area contributed by atoms with Crippen LogP contribution in [0.25, 0.3) is 0 Å². The van der Waals surface area contributed by atoms with E-state index in [9.17, 15) is 4.39 Å². The van der Waals surface area contributed by atoms with Crippen LogP contribution < -0.4 is 0 Å². The Morgan fingerprint density at radius 2 is 1.59 bits per heavy atom. The van der Waals surface area contributed by atoms with Gasteiger partial charge in [-0.3, -0.25) is 0 Å². The fraction of sp³-hybridized carbons (Fsp3) is 0.200. The average Bonchev–Trinajstić information content (AvgIpc) is 2.38. The van der Waals surface area contributed by atoms with Gasteiger partial charge in [0.25, 0.3) is 0 Å². The van der Waals surface area contributed by atoms with Crippen molar-refractivity contribution >= 4 is 11.6 Å². The van der Waals surface area contributed by atoms with Crippen LogP contribution in [0.4, 0.5) is 4.39 Å². The molecule has 0 radical (unpaired) electrons. The van der Waals surface area contributed by atoms with E-state index >= 15 is 0 Å². The van der Waals surface area contributed by atoms with Crippen LogP contribution in [0.3, 0.4) is 0 Å². The molecule has 0 amide bonds. The van der Waals surface area contributed by atoms with Crippen molar-refractivity contribution in [1.82, 2.24) is 0 Å². The van der Waals surface area contributed by atoms with E-state index < -0.39 is 0 Å². The smallest absolute Gasteiger partial charge is 0.126 e. The second-order valence-electron chi connectivity index (χ2n) is 4.06. The van der Waals surface area contributed by atoms with Crippen LogP contribution >= 0.6 is 11.6 Å². The highest BCUT2D eigenvalue weighted by molar-refractivity contribution is 6.18. The molecule has 88 valence electrons. The molecule has 0 aliphatic rings. The summed E-state index contributed by atoms with van der Waals surface area (Å²) in [7, 11) is 0. The van der Waals surface area contributed by atoms with Gasteiger partial charge in [0.15, 0.2) is 0 Å². The summed E-state index contributed by atoms with van der Waals surface area (Å²) >= 11 is 5.96. The Balaban J connectivity index is 2.21. The maximum absolute atomic E-state index is 13.7. The molecule has 0 heterocycles. The van der Waals surface area contributed by atoms with Crippen LogP contribution in [0.1, 0.15) is 17.0 Å². The minimum atomic E-state index is -0.172. The van der Waals surface area contributed by atoms with Crippen molar-refractivity contribution in [2.45, 2.75) is 12.3 Å². The van der Waals surface area contributed by atoms with Crippen LogP contribution in [-0.2, 0) is 6.42 Å². The third kappa shape index (κ3) is 3.07. The SMILES string of the molecule is Fc1ccccc1C(CCl)Cc1ccccc1. The summed E-state index contributed by atoms with van der Waals surface area (Å²) in [5, 5.41) is 0. The minimum Gasteiger partial charge on any atom is -0.207 e. The first-order valence-corrected chi connectivity index (χ1v) is 6.19. The number of benzene rings is 2. The van der Waals surface area contributed by atoms with Crippen LogP contribution in [0.5, 0.6) is 0 Å². The van der Waals surface area contributed by atoms with Gasteiger partial charge < -0.3 is 0 Å². The summed E-state index contributed by atoms with van der Waals surface area (Å²) in [5.41, 5.74) is 1.88. The van der Waals surface area contributed by atoms with Crippen molar-refractivity contribution in [3.63, 3.8) is 0 Å². The van der Waals surface area contributed by atoms with Gasteiger partial charge in [0.05, 0.1) is 0 Å². The first-order chi connectivity index (χ1) is 8.31. The van der Waals surface area contributed by atoms with E-state index in [0.717, 1.165) is 6.42 Å². The Labute approximate surface area is 106 Å². The standard InChI is InChI=1S/C15H14ClF/c16-11-13(10-12-6-2-1-3-7-12)14-8-4-5-9-15(14)17/h1-9,13H,10-11H2. The molecule has 2 heteroatoms. The van der Waals surface area contributed by atoms with Gasteiger partial charge in [-0.25, -0.2) is 4.39 Å². The first-order valence-electron chi connectivity index (χ1n) is 5.65. The lowest BCUT2D eigenvalue weighted by molar-refractivity contribution is 0.589. The molecule has 0 aromatic heterocycles. The van der Waals surface area contributed by atoms with Crippen molar-refractivity contribution < 1.29 is 4.39 Å². The minimum absolute atomic E-state index is 0.0280. The van der Waals surface area contributed by atoms with E-state index in [1.54, 1.807) is 6.07 Å². The molecule has 0 saturated heterocycles. The van der Waals surface area contributed by atoms with Crippen LogP contribution in [0.2, 0.25) is 0 Å². The molecule has 17 heavy (non-hydrogen) atoms. The lowest BCUT2D eigenvalue weighted by Gasteiger charge is -2.15. The highest BCUT2D eigenvalue weighted by atomic mass is 35.5. The molecule has 0 saturated carbocycles. The van der Waals surface area contributed by atoms with Crippen molar-refractivity contribution in [2.75, 3.05) is 5.88 Å². The van der Waals surface area contributed by atoms with E-state index in [2.05, 4.69) is 0 Å². The Bertz CT molecular complexity index is 467. The van der Waals surface area contributed by atoms with Crippen molar-refractivity contribution in [3.05, 3.63) is 71.5 Å². The number of halogens is 2. The molecule has 1 unspecified atom stereocenters. The molecule has 2 rings (SSSR count). The molecule has 0 aliphatic heterocycles. The first kappa shape index (κ1) is 12.1. The van der Waals surface area contributed by atoms with Crippen molar-refractivity contribution in [2.24, 2.45) is 0 Å². The predicted molar refractivity (Wildman–Crippen MR) is 70.0 cm³/mol. The summed E-state index contributed by atoms with van der Waals surface area (Å²) < 4.78 is 13.7. The lowest BCUT2D eigenvalue weighted by atomic mass is 9.93. The molecular formula is C15H14ClF. The van der Waals surface area contributed by atoms with E-state index in [0.29, 0.717) is 11.4 Å². The molecule has 0 nitrogen and oxygen atoms in total. The summed E-state index contributed by atoms with van der Waals surface area (Å²) in [6.07, 6.45) is 0.769. The summed E-state index contributed by atoms with van der Waals surface area (Å²) in [6, 6.07) is 16.9. The van der Waals surface area contributed by atoms with Gasteiger partial charge >= 0.3 is 0 Å². The average molecular weight is 249 g/mol. The van der Waals surface area contributed by atoms with Crippen LogP contribution in [-0.4, -0.2) is 5.88 Å². The van der Waals surface area contributed by atoms with Crippen molar-refractivity contribution in [3.8, 4) is 0 Å². The molecule has 0 aliphatic carbocycles. The second-order valence-corrected chi connectivity index (χ2v) is 4.37. The third-order valence-corrected chi connectivity index (χ3v) is 3.23. The third-order valence-electron chi connectivity index (χ3n) is 2.86. The topological polar surface area (TPSA) is 0 Å². The largest absolute Gasteiger partial charge is 0.207 e. The normalized spacial score (nSPS) is 12.4. The molecule has 0 N–H and O–H groups in total. The monoisotopic (exact) mass is 248 g/mol.